The van der Waals surface area contributed by atoms with E-state index in [4.69, 9.17) is 102 Å². The van der Waals surface area contributed by atoms with Gasteiger partial charge in [0.05, 0.1) is 57.8 Å². The van der Waals surface area contributed by atoms with Crippen molar-refractivity contribution in [2.24, 2.45) is 0 Å². The Hall–Kier alpha value is -1.47. The molecule has 842 valence electrons. The maximum atomic E-state index is 14.8. The fourth-order valence-electron chi connectivity index (χ4n) is 16.4. The van der Waals surface area contributed by atoms with Gasteiger partial charge in [-0.05, 0) is 139 Å². The molecule has 2 aromatic carbocycles. The average molecular weight is 2210 g/mol. The molecule has 15 saturated heterocycles. The molecule has 14 N–H and O–H groups in total. The summed E-state index contributed by atoms with van der Waals surface area (Å²) < 4.78 is 183. The Labute approximate surface area is 868 Å². The Morgan fingerprint density at radius 1 is 0.276 bits per heavy atom. The molecule has 0 aromatic heterocycles. The zero-order valence-electron chi connectivity index (χ0n) is 93.0. The first-order chi connectivity index (χ1) is 66.0. The molecule has 15 heterocycles. The molecule has 0 spiro atoms. The van der Waals surface area contributed by atoms with Crippen LogP contribution in [0.15, 0.2) is 41.3 Å². The van der Waals surface area contributed by atoms with E-state index < -0.39 is 378 Å². The van der Waals surface area contributed by atoms with Crippen LogP contribution in [-0.2, 0) is 112 Å². The Morgan fingerprint density at radius 3 is 0.683 bits per heavy atom. The van der Waals surface area contributed by atoms with Gasteiger partial charge in [0.1, 0.15) is 171 Å². The second-order valence-corrected chi connectivity index (χ2v) is 87.0. The summed E-state index contributed by atoms with van der Waals surface area (Å²) >= 11 is 0. The molecular formula is C98H184N2O37SSi7. The first-order valence-corrected chi connectivity index (χ1v) is 73.2. The second kappa shape index (κ2) is 47.0. The predicted molar refractivity (Wildman–Crippen MR) is 558 cm³/mol. The SMILES string of the molecule is CN(C)c1cccc2c(S(=O)(=O)NCCO[C@H]3[C@H]4O[C@H]5[C@H](O)[C@@H](O)[C@@H](O[C@H]6[C@H](O)[C@@H](O)[C@@H](O[C@H]7[C@H](O)[C@@H](O)[C@@H](O[C@H]8[C@H](O)[C@@H](O)[C@@H](O[C@H]9[C@H](O)[C@@H](O)[C@@H](O[C@H]%10[C@H](O)[C@@H](O)[C@@H](O[C@@H]([C@@H]3O)[C@@H](CO[Si](C)(C)C(C)(C)C)O4)O[C@@H]%10CO[Si](C)(C)C(C)(C)C)O[C@@H]9CO[Si](C)(C)C(C)(C)C)O[C@@H]8CO[Si](C)(C)C(C)(C)C)O[C@@H]7CO[Si](C)(C)C(C)(C)C)O[C@@H]6CO[Si](C)(C)C(C)(C)C)O[C@@H]5CO[Si](C)(C)C(C)(C)C)cccc12. The largest absolute Gasteiger partial charge is 0.414 e. The minimum atomic E-state index is -4.41. The molecule has 17 rings (SSSR count). The number of nitrogens with one attached hydrogen (secondary N) is 1. The van der Waals surface area contributed by atoms with Crippen molar-refractivity contribution in [1.29, 1.82) is 0 Å². The highest BCUT2D eigenvalue weighted by Crippen LogP contribution is 2.49. The summed E-state index contributed by atoms with van der Waals surface area (Å²) in [7, 11) is -21.0. The van der Waals surface area contributed by atoms with Gasteiger partial charge in [-0.15, -0.1) is 0 Å². The lowest BCUT2D eigenvalue weighted by atomic mass is 9.95. The maximum absolute atomic E-state index is 14.8. The van der Waals surface area contributed by atoms with Crippen LogP contribution in [0.1, 0.15) is 145 Å². The lowest BCUT2D eigenvalue weighted by molar-refractivity contribution is -0.397. The smallest absolute Gasteiger partial charge is 0.241 e. The quantitative estimate of drug-likeness (QED) is 0.0282. The Bertz CT molecular complexity index is 4540. The predicted octanol–water partition coefficient (Wildman–Crippen LogP) is 8.20. The van der Waals surface area contributed by atoms with Crippen molar-refractivity contribution < 1.29 is 177 Å². The highest BCUT2D eigenvalue weighted by molar-refractivity contribution is 7.89. The van der Waals surface area contributed by atoms with Gasteiger partial charge >= 0.3 is 0 Å². The normalized spacial score (nSPS) is 36.9. The number of rotatable bonds is 28. The van der Waals surface area contributed by atoms with Crippen molar-refractivity contribution in [2.45, 2.75) is 492 Å². The van der Waals surface area contributed by atoms with E-state index in [1.54, 1.807) is 24.3 Å². The molecule has 0 amide bonds. The van der Waals surface area contributed by atoms with Gasteiger partial charge in [0.2, 0.25) is 10.0 Å². The molecule has 145 heavy (non-hydrogen) atoms. The minimum absolute atomic E-state index is 0.0621. The van der Waals surface area contributed by atoms with Crippen molar-refractivity contribution in [3.8, 4) is 0 Å². The van der Waals surface area contributed by atoms with Crippen LogP contribution in [0.2, 0.25) is 127 Å². The van der Waals surface area contributed by atoms with Crippen molar-refractivity contribution in [3.63, 3.8) is 0 Å². The van der Waals surface area contributed by atoms with Crippen LogP contribution in [-0.4, -0.2) is 421 Å². The van der Waals surface area contributed by atoms with E-state index >= 15 is 0 Å². The van der Waals surface area contributed by atoms with Gasteiger partial charge in [-0.3, -0.25) is 0 Å². The Morgan fingerprint density at radius 2 is 0.469 bits per heavy atom. The lowest BCUT2D eigenvalue weighted by Gasteiger charge is -2.51. The van der Waals surface area contributed by atoms with Gasteiger partial charge in [-0.2, -0.15) is 0 Å². The zero-order chi connectivity index (χ0) is 109. The summed E-state index contributed by atoms with van der Waals surface area (Å²) in [5.41, 5.74) is 0.749. The average Bonchev–Trinajstić information content (AvgIpc) is 0.857. The standard InChI is InChI=1S/C98H184N2O37SSi7/c1-92(2,3)139(24,25)117-46-56-77-64(101)70(107)86(124-56)132-79-58(48-119-141(28,29)94(7,8)9)126-88(72(109)66(79)103)134-81-60(50-121-143(32,33)96(13,14)15)128-90(74(111)68(81)105)136-83-62(52-123-145(36,37)98(19,20)21)130-91(84(76(83)113)116-45-44-99-138(114,115)63-43-39-40-53-54(63)41-38-42-55(53)100(22)23)137-82-61(51-122-144(34,35)97(16,17)18)129-89(75(112)69(82)106)135-80-59(49-120-142(30,31)95(10,11)12)127-87(73(110)67(80)104)133-78-57(47-118-140(26,27)93(4,5)6)125-85(131-77)71(108)65(78)102/h38-43,56-62,64-91,99,101-113H,44-52H2,1-37H3/t56-,57-,58-,59-,60-,61-,62-,64-,65-,66-,67-,68-,69-,70-,71-,72-,73-,74-,75-,76+,77-,78-,79-,80-,81-,82-,83-,84-,85-,86-,87-,88-,89-,90-,91-/m1/s1. The molecule has 15 fully saturated rings. The highest BCUT2D eigenvalue weighted by Gasteiger charge is 2.63. The molecule has 15 aliphatic heterocycles. The summed E-state index contributed by atoms with van der Waals surface area (Å²) in [6.07, 6.45) is -66.4. The molecule has 35 atom stereocenters. The number of fused-ring (bicyclic) bond motifs is 8. The van der Waals surface area contributed by atoms with Crippen LogP contribution < -0.4 is 9.62 Å². The van der Waals surface area contributed by atoms with E-state index in [9.17, 15) is 74.8 Å². The van der Waals surface area contributed by atoms with Crippen LogP contribution in [0.3, 0.4) is 0 Å². The van der Waals surface area contributed by atoms with Crippen LogP contribution in [0.5, 0.6) is 0 Å². The van der Waals surface area contributed by atoms with Gasteiger partial charge in [-0.1, -0.05) is 170 Å². The van der Waals surface area contributed by atoms with Crippen molar-refractivity contribution in [2.75, 3.05) is 78.4 Å². The molecule has 39 nitrogen and oxygen atoms in total. The summed E-state index contributed by atoms with van der Waals surface area (Å²) in [5.74, 6) is 0. The third-order valence-electron chi connectivity index (χ3n) is 33.7. The van der Waals surface area contributed by atoms with Crippen LogP contribution in [0.25, 0.3) is 10.8 Å². The van der Waals surface area contributed by atoms with Gasteiger partial charge in [0.25, 0.3) is 0 Å². The number of sulfonamides is 1. The molecule has 15 aliphatic rings. The fourth-order valence-corrected chi connectivity index (χ4v) is 24.7. The van der Waals surface area contributed by atoms with Crippen molar-refractivity contribution in [3.05, 3.63) is 36.4 Å². The van der Waals surface area contributed by atoms with Gasteiger partial charge in [0, 0.05) is 37.1 Å². The summed E-state index contributed by atoms with van der Waals surface area (Å²) in [5, 5.41) is 167. The van der Waals surface area contributed by atoms with Gasteiger partial charge in [0.15, 0.2) is 102 Å². The van der Waals surface area contributed by atoms with Gasteiger partial charge < -0.3 is 173 Å². The number of nitrogens with zero attached hydrogens (tertiary/aromatic N) is 1. The van der Waals surface area contributed by atoms with Gasteiger partial charge in [-0.25, -0.2) is 13.1 Å². The molecule has 0 saturated carbocycles. The van der Waals surface area contributed by atoms with E-state index in [2.05, 4.69) is 4.72 Å². The monoisotopic (exact) mass is 2210 g/mol. The number of anilines is 1. The number of benzene rings is 2. The molecule has 0 unspecified atom stereocenters. The molecule has 47 heteroatoms. The topological polar surface area (TPSA) is 515 Å². The molecule has 0 radical (unpaired) electrons. The van der Waals surface area contributed by atoms with E-state index in [1.807, 2.05) is 262 Å². The third-order valence-corrected chi connectivity index (χ3v) is 66.8. The van der Waals surface area contributed by atoms with E-state index in [0.717, 1.165) is 5.69 Å². The van der Waals surface area contributed by atoms with E-state index in [0.29, 0.717) is 10.8 Å². The first-order valence-electron chi connectivity index (χ1n) is 51.3. The second-order valence-electron chi connectivity index (χ2n) is 51.6. The maximum Gasteiger partial charge on any atom is 0.241 e. The number of hydrogen-bond donors (Lipinski definition) is 14. The van der Waals surface area contributed by atoms with E-state index in [1.165, 1.54) is 6.07 Å². The summed E-state index contributed by atoms with van der Waals surface area (Å²) in [6, 6.07) is 10.2. The Balaban J connectivity index is 1.16. The van der Waals surface area contributed by atoms with Crippen LogP contribution in [0.4, 0.5) is 5.69 Å². The fraction of sp³-hybridized carbons (Fsp3) is 0.898. The highest BCUT2D eigenvalue weighted by atomic mass is 32.2. The zero-order valence-corrected chi connectivity index (χ0v) is 101. The molecule has 2 aromatic rings. The number of ether oxygens (including phenoxy) is 15. The third kappa shape index (κ3) is 28.6. The van der Waals surface area contributed by atoms with Crippen molar-refractivity contribution in [1.82, 2.24) is 4.72 Å². The Kier molecular flexibility index (Phi) is 40.6. The number of hydrogen-bond acceptors (Lipinski definition) is 38. The first kappa shape index (κ1) is 125. The summed E-state index contributed by atoms with van der Waals surface area (Å²) in [6.45, 7) is 65.5. The number of aliphatic hydroxyl groups excluding tert-OH is 13. The van der Waals surface area contributed by atoms with Crippen molar-refractivity contribution >= 4 is 84.7 Å². The van der Waals surface area contributed by atoms with Crippen LogP contribution in [0, 0.1) is 0 Å². The lowest BCUT2D eigenvalue weighted by Crippen LogP contribution is -2.69. The number of aliphatic hydroxyl groups is 13. The van der Waals surface area contributed by atoms with Crippen LogP contribution >= 0.6 is 0 Å². The summed E-state index contributed by atoms with van der Waals surface area (Å²) in [4.78, 5) is 1.80. The molecular weight excluding hydrogens is 2030 g/mol. The van der Waals surface area contributed by atoms with E-state index in [-0.39, 0.29) is 4.90 Å². The molecule has 0 aliphatic carbocycles. The minimum Gasteiger partial charge on any atom is -0.414 e. The molecule has 14 bridgehead atoms.